The van der Waals surface area contributed by atoms with E-state index in [4.69, 9.17) is 0 Å². The second-order valence-corrected chi connectivity index (χ2v) is 9.19. The molecule has 3 rings (SSSR count). The summed E-state index contributed by atoms with van der Waals surface area (Å²) < 4.78 is 28.5. The number of halogens is 1. The molecule has 0 fully saturated rings. The van der Waals surface area contributed by atoms with Crippen LogP contribution in [0.5, 0.6) is 0 Å². The maximum Gasteiger partial charge on any atom is 0.337 e. The van der Waals surface area contributed by atoms with Gasteiger partial charge in [0.15, 0.2) is 0 Å². The third-order valence-electron chi connectivity index (χ3n) is 4.54. The molecule has 30 heavy (non-hydrogen) atoms. The van der Waals surface area contributed by atoms with Crippen molar-refractivity contribution in [1.82, 2.24) is 0 Å². The number of carboxylic acid groups (broad SMARTS) is 1. The van der Waals surface area contributed by atoms with E-state index in [-0.39, 0.29) is 16.1 Å². The second kappa shape index (κ2) is 9.32. The number of rotatable bonds is 8. The summed E-state index contributed by atoms with van der Waals surface area (Å²) in [5, 5.41) is 9.74. The van der Waals surface area contributed by atoms with Crippen LogP contribution in [0.25, 0.3) is 0 Å². The summed E-state index contributed by atoms with van der Waals surface area (Å²) in [5.41, 5.74) is 1.80. The highest BCUT2D eigenvalue weighted by atomic mass is 79.9. The smallest absolute Gasteiger partial charge is 0.337 e. The summed E-state index contributed by atoms with van der Waals surface area (Å²) in [6, 6.07) is 20.5. The fourth-order valence-corrected chi connectivity index (χ4v) is 4.36. The minimum Gasteiger partial charge on any atom is -0.478 e. The van der Waals surface area contributed by atoms with Gasteiger partial charge in [0.1, 0.15) is 0 Å². The molecule has 0 aliphatic rings. The van der Waals surface area contributed by atoms with Crippen LogP contribution < -0.4 is 9.62 Å². The van der Waals surface area contributed by atoms with Crippen molar-refractivity contribution in [2.75, 3.05) is 16.2 Å². The Kier molecular flexibility index (Phi) is 6.79. The second-order valence-electron chi connectivity index (χ2n) is 6.60. The molecule has 156 valence electrons. The lowest BCUT2D eigenvalue weighted by atomic mass is 10.1. The molecule has 0 saturated carbocycles. The summed E-state index contributed by atoms with van der Waals surface area (Å²) in [4.78, 5) is 13.9. The van der Waals surface area contributed by atoms with Crippen LogP contribution in [0.1, 0.15) is 22.8 Å². The number of nitrogens with zero attached hydrogens (tertiary/aromatic N) is 1. The Bertz CT molecular complexity index is 1130. The van der Waals surface area contributed by atoms with Crippen molar-refractivity contribution < 1.29 is 18.3 Å². The summed E-state index contributed by atoms with van der Waals surface area (Å²) in [6.45, 7) is 3.08. The molecule has 0 aromatic heterocycles. The predicted molar refractivity (Wildman–Crippen MR) is 122 cm³/mol. The lowest BCUT2D eigenvalue weighted by molar-refractivity contribution is 0.0697. The first-order chi connectivity index (χ1) is 14.3. The minimum absolute atomic E-state index is 0.0313. The summed E-state index contributed by atoms with van der Waals surface area (Å²) in [5.74, 6) is -1.12. The van der Waals surface area contributed by atoms with Crippen LogP contribution in [-0.2, 0) is 16.6 Å². The van der Waals surface area contributed by atoms with Gasteiger partial charge in [0.2, 0.25) is 0 Å². The third-order valence-corrected chi connectivity index (χ3v) is 6.47. The van der Waals surface area contributed by atoms with E-state index < -0.39 is 16.0 Å². The van der Waals surface area contributed by atoms with E-state index in [1.165, 1.54) is 18.2 Å². The Morgan fingerprint density at radius 2 is 1.70 bits per heavy atom. The Morgan fingerprint density at radius 1 is 1.03 bits per heavy atom. The number of hydrogen-bond acceptors (Lipinski definition) is 4. The van der Waals surface area contributed by atoms with Crippen molar-refractivity contribution in [3.63, 3.8) is 0 Å². The maximum absolute atomic E-state index is 12.6. The quantitative estimate of drug-likeness (QED) is 0.467. The van der Waals surface area contributed by atoms with E-state index in [2.05, 4.69) is 20.7 Å². The summed E-state index contributed by atoms with van der Waals surface area (Å²) >= 11 is 3.27. The number of benzene rings is 3. The molecule has 0 saturated heterocycles. The zero-order valence-corrected chi connectivity index (χ0v) is 18.7. The molecular formula is C22H21BrN2O4S. The molecule has 0 aliphatic heterocycles. The molecule has 8 heteroatoms. The van der Waals surface area contributed by atoms with E-state index in [1.807, 2.05) is 42.2 Å². The Morgan fingerprint density at radius 3 is 2.30 bits per heavy atom. The fraction of sp³-hybridized carbons (Fsp3) is 0.136. The monoisotopic (exact) mass is 488 g/mol. The summed E-state index contributed by atoms with van der Waals surface area (Å²) in [7, 11) is -3.84. The van der Waals surface area contributed by atoms with Crippen LogP contribution in [0.15, 0.2) is 82.2 Å². The van der Waals surface area contributed by atoms with E-state index in [1.54, 1.807) is 24.3 Å². The van der Waals surface area contributed by atoms with E-state index in [0.29, 0.717) is 18.8 Å². The normalized spacial score (nSPS) is 11.1. The largest absolute Gasteiger partial charge is 0.478 e. The molecule has 0 amide bonds. The molecule has 6 nitrogen and oxygen atoms in total. The molecule has 0 radical (unpaired) electrons. The van der Waals surface area contributed by atoms with Crippen molar-refractivity contribution in [1.29, 1.82) is 0 Å². The molecular weight excluding hydrogens is 468 g/mol. The third kappa shape index (κ3) is 5.20. The van der Waals surface area contributed by atoms with Gasteiger partial charge in [-0.1, -0.05) is 46.3 Å². The number of carboxylic acids is 1. The molecule has 0 unspecified atom stereocenters. The van der Waals surface area contributed by atoms with E-state index in [9.17, 15) is 18.3 Å². The Labute approximate surface area is 184 Å². The van der Waals surface area contributed by atoms with Crippen LogP contribution in [0.2, 0.25) is 0 Å². The summed E-state index contributed by atoms with van der Waals surface area (Å²) in [6.07, 6.45) is 0. The fourth-order valence-electron chi connectivity index (χ4n) is 3.05. The molecule has 0 spiro atoms. The van der Waals surface area contributed by atoms with E-state index >= 15 is 0 Å². The standard InChI is InChI=1S/C22H21BrN2O4S/c1-2-25(15-16-6-4-3-5-7-16)21-13-10-18(14-20(21)22(26)27)24-30(28,29)19-11-8-17(23)9-12-19/h3-14,24H,2,15H2,1H3,(H,26,27). The highest BCUT2D eigenvalue weighted by Gasteiger charge is 2.19. The first-order valence-electron chi connectivity index (χ1n) is 9.25. The molecule has 3 aromatic carbocycles. The van der Waals surface area contributed by atoms with Gasteiger partial charge in [-0.15, -0.1) is 0 Å². The van der Waals surface area contributed by atoms with Crippen molar-refractivity contribution in [2.45, 2.75) is 18.4 Å². The number of nitrogens with one attached hydrogen (secondary N) is 1. The Balaban J connectivity index is 1.91. The Hall–Kier alpha value is -2.84. The van der Waals surface area contributed by atoms with Gasteiger partial charge < -0.3 is 10.0 Å². The molecule has 2 N–H and O–H groups in total. The molecule has 0 heterocycles. The molecule has 0 bridgehead atoms. The van der Waals surface area contributed by atoms with Crippen LogP contribution in [-0.4, -0.2) is 26.0 Å². The predicted octanol–water partition coefficient (Wildman–Crippen LogP) is 4.97. The van der Waals surface area contributed by atoms with Gasteiger partial charge in [-0.25, -0.2) is 13.2 Å². The van der Waals surface area contributed by atoms with Gasteiger partial charge in [0.25, 0.3) is 10.0 Å². The van der Waals surface area contributed by atoms with Gasteiger partial charge in [-0.05, 0) is 55.0 Å². The lowest BCUT2D eigenvalue weighted by Crippen LogP contribution is -2.24. The van der Waals surface area contributed by atoms with Gasteiger partial charge in [0, 0.05) is 23.2 Å². The number of aromatic carboxylic acids is 1. The number of hydrogen-bond donors (Lipinski definition) is 2. The van der Waals surface area contributed by atoms with Crippen LogP contribution in [0.4, 0.5) is 11.4 Å². The van der Waals surface area contributed by atoms with Crippen LogP contribution in [0.3, 0.4) is 0 Å². The number of anilines is 2. The molecule has 0 aliphatic carbocycles. The minimum atomic E-state index is -3.84. The maximum atomic E-state index is 12.6. The van der Waals surface area contributed by atoms with Crippen molar-refractivity contribution in [2.24, 2.45) is 0 Å². The highest BCUT2D eigenvalue weighted by molar-refractivity contribution is 9.10. The van der Waals surface area contributed by atoms with Crippen LogP contribution >= 0.6 is 15.9 Å². The SMILES string of the molecule is CCN(Cc1ccccc1)c1ccc(NS(=O)(=O)c2ccc(Br)cc2)cc1C(=O)O. The first-order valence-corrected chi connectivity index (χ1v) is 11.5. The van der Waals surface area contributed by atoms with Gasteiger partial charge >= 0.3 is 5.97 Å². The lowest BCUT2D eigenvalue weighted by Gasteiger charge is -2.25. The van der Waals surface area contributed by atoms with Gasteiger partial charge in [-0.2, -0.15) is 0 Å². The van der Waals surface area contributed by atoms with Gasteiger partial charge in [0.05, 0.1) is 16.1 Å². The van der Waals surface area contributed by atoms with Crippen LogP contribution in [0, 0.1) is 0 Å². The van der Waals surface area contributed by atoms with Gasteiger partial charge in [-0.3, -0.25) is 4.72 Å². The number of sulfonamides is 1. The van der Waals surface area contributed by atoms with Crippen molar-refractivity contribution >= 4 is 43.3 Å². The molecule has 3 aromatic rings. The average Bonchev–Trinajstić information content (AvgIpc) is 2.73. The topological polar surface area (TPSA) is 86.7 Å². The number of carbonyl (C=O) groups is 1. The van der Waals surface area contributed by atoms with E-state index in [0.717, 1.165) is 10.0 Å². The average molecular weight is 489 g/mol. The zero-order chi connectivity index (χ0) is 21.7. The van der Waals surface area contributed by atoms with Crippen molar-refractivity contribution in [3.05, 3.63) is 88.4 Å². The highest BCUT2D eigenvalue weighted by Crippen LogP contribution is 2.27. The zero-order valence-electron chi connectivity index (χ0n) is 16.2. The van der Waals surface area contributed by atoms with Crippen molar-refractivity contribution in [3.8, 4) is 0 Å². The first kappa shape index (κ1) is 21.9. The molecule has 0 atom stereocenters.